The maximum atomic E-state index is 14.3. The highest BCUT2D eigenvalue weighted by atomic mass is 28.3. The Morgan fingerprint density at radius 3 is 2.52 bits per heavy atom. The summed E-state index contributed by atoms with van der Waals surface area (Å²) in [4.78, 5) is 44.1. The van der Waals surface area contributed by atoms with Crippen molar-refractivity contribution in [3.8, 4) is 11.9 Å². The molecule has 1 atom stereocenters. The molecule has 5 rings (SSSR count). The van der Waals surface area contributed by atoms with Crippen LogP contribution in [0.25, 0.3) is 0 Å². The molecule has 0 aromatic carbocycles. The number of pyridine rings is 1. The van der Waals surface area contributed by atoms with E-state index in [1.165, 1.54) is 23.4 Å². The van der Waals surface area contributed by atoms with E-state index in [2.05, 4.69) is 39.7 Å². The van der Waals surface area contributed by atoms with Crippen molar-refractivity contribution in [2.75, 3.05) is 55.7 Å². The molecule has 2 aliphatic heterocycles. The van der Waals surface area contributed by atoms with Crippen LogP contribution in [0, 0.1) is 11.3 Å². The van der Waals surface area contributed by atoms with Crippen LogP contribution < -0.4 is 20.1 Å². The Hall–Kier alpha value is -4.56. The number of nitriles is 1. The van der Waals surface area contributed by atoms with Crippen LogP contribution in [0.4, 0.5) is 24.7 Å². The van der Waals surface area contributed by atoms with E-state index >= 15 is 0 Å². The van der Waals surface area contributed by atoms with E-state index in [4.69, 9.17) is 14.7 Å². The Bertz CT molecular complexity index is 1680. The number of hydrogen-bond acceptors (Lipinski definition) is 11. The number of halogens is 3. The molecule has 13 nitrogen and oxygen atoms in total. The van der Waals surface area contributed by atoms with E-state index in [1.807, 2.05) is 11.0 Å². The normalized spacial score (nSPS) is 17.0. The van der Waals surface area contributed by atoms with Crippen molar-refractivity contribution in [2.45, 2.75) is 57.5 Å². The van der Waals surface area contributed by atoms with Crippen molar-refractivity contribution in [1.82, 2.24) is 29.6 Å². The van der Waals surface area contributed by atoms with Gasteiger partial charge in [-0.15, -0.1) is 0 Å². The lowest BCUT2D eigenvalue weighted by atomic mass is 10.2. The Kier molecular flexibility index (Phi) is 10.6. The summed E-state index contributed by atoms with van der Waals surface area (Å²) in [5.74, 6) is 0.400. The van der Waals surface area contributed by atoms with Crippen molar-refractivity contribution < 1.29 is 27.4 Å². The van der Waals surface area contributed by atoms with E-state index in [0.29, 0.717) is 55.9 Å². The predicted octanol–water partition coefficient (Wildman–Crippen LogP) is 3.64. The molecule has 48 heavy (non-hydrogen) atoms. The Balaban J connectivity index is 1.21. The van der Waals surface area contributed by atoms with Crippen LogP contribution in [0.1, 0.15) is 34.6 Å². The van der Waals surface area contributed by atoms with Crippen molar-refractivity contribution >= 4 is 25.5 Å². The average Bonchev–Trinajstić information content (AvgIpc) is 3.53. The molecule has 0 unspecified atom stereocenters. The highest BCUT2D eigenvalue weighted by Crippen LogP contribution is 2.36. The largest absolute Gasteiger partial charge is 0.475 e. The number of hydrogen-bond donors (Lipinski definition) is 0. The van der Waals surface area contributed by atoms with E-state index in [1.54, 1.807) is 17.0 Å². The molecule has 2 aliphatic rings. The predicted molar refractivity (Wildman–Crippen MR) is 173 cm³/mol. The van der Waals surface area contributed by atoms with Gasteiger partial charge in [0, 0.05) is 65.9 Å². The van der Waals surface area contributed by atoms with Crippen molar-refractivity contribution in [1.29, 1.82) is 5.26 Å². The van der Waals surface area contributed by atoms with E-state index in [9.17, 15) is 22.8 Å². The Labute approximate surface area is 276 Å². The molecule has 0 bridgehead atoms. The highest BCUT2D eigenvalue weighted by Gasteiger charge is 2.41. The zero-order valence-electron chi connectivity index (χ0n) is 27.1. The summed E-state index contributed by atoms with van der Waals surface area (Å²) in [6.07, 6.45) is 0.182. The van der Waals surface area contributed by atoms with Gasteiger partial charge < -0.3 is 24.2 Å². The number of carbonyl (C=O) groups is 1. The summed E-state index contributed by atoms with van der Waals surface area (Å²) in [7, 11) is -1.42. The standard InChI is InChI=1S/C31H38F3N9O4Si/c1-48(2,3)16-15-46-21-43-29(44)27(31(32,33)34)24(19-38-43)42-10-4-5-23(42)20-47-26-8-9-36-28(39-26)30(45)41-13-11-40(12-14-41)25-7-6-22(17-35)18-37-25/h6-9,18-19,23H,4-5,10-16,20-21H2,1-3H3/t23-/m0/s1. The molecule has 0 N–H and O–H groups in total. The smallest absolute Gasteiger partial charge is 0.423 e. The van der Waals surface area contributed by atoms with Gasteiger partial charge in [0.15, 0.2) is 0 Å². The molecule has 2 saturated heterocycles. The zero-order valence-corrected chi connectivity index (χ0v) is 28.1. The molecule has 0 saturated carbocycles. The zero-order chi connectivity index (χ0) is 34.5. The van der Waals surface area contributed by atoms with Crippen molar-refractivity contribution in [3.63, 3.8) is 0 Å². The topological polar surface area (TPSA) is 143 Å². The lowest BCUT2D eigenvalue weighted by Crippen LogP contribution is -2.49. The van der Waals surface area contributed by atoms with Gasteiger partial charge in [-0.1, -0.05) is 19.6 Å². The van der Waals surface area contributed by atoms with Gasteiger partial charge in [0.1, 0.15) is 30.8 Å². The molecule has 0 radical (unpaired) electrons. The molecule has 0 aliphatic carbocycles. The van der Waals surface area contributed by atoms with Crippen LogP contribution in [0.5, 0.6) is 5.88 Å². The number of alkyl halides is 3. The quantitative estimate of drug-likeness (QED) is 0.216. The van der Waals surface area contributed by atoms with Gasteiger partial charge in [-0.2, -0.15) is 28.5 Å². The van der Waals surface area contributed by atoms with E-state index in [0.717, 1.165) is 18.1 Å². The molecule has 17 heteroatoms. The highest BCUT2D eigenvalue weighted by molar-refractivity contribution is 6.76. The van der Waals surface area contributed by atoms with Gasteiger partial charge in [-0.25, -0.2) is 14.6 Å². The molecule has 256 valence electrons. The van der Waals surface area contributed by atoms with Crippen LogP contribution in [-0.4, -0.2) is 95.6 Å². The third-order valence-electron chi connectivity index (χ3n) is 8.22. The van der Waals surface area contributed by atoms with Gasteiger partial charge in [0.2, 0.25) is 11.7 Å². The second-order valence-electron chi connectivity index (χ2n) is 12.9. The fourth-order valence-electron chi connectivity index (χ4n) is 5.54. The minimum Gasteiger partial charge on any atom is -0.475 e. The Morgan fingerprint density at radius 1 is 1.08 bits per heavy atom. The monoisotopic (exact) mass is 685 g/mol. The number of piperazine rings is 1. The summed E-state index contributed by atoms with van der Waals surface area (Å²) in [6, 6.07) is 7.30. The fraction of sp³-hybridized carbons (Fsp3) is 0.516. The summed E-state index contributed by atoms with van der Waals surface area (Å²) < 4.78 is 54.9. The molecule has 3 aromatic heterocycles. The fourth-order valence-corrected chi connectivity index (χ4v) is 6.29. The first-order valence-electron chi connectivity index (χ1n) is 15.7. The van der Waals surface area contributed by atoms with Gasteiger partial charge in [-0.3, -0.25) is 9.59 Å². The first-order valence-corrected chi connectivity index (χ1v) is 19.4. The summed E-state index contributed by atoms with van der Waals surface area (Å²) >= 11 is 0. The minimum atomic E-state index is -4.91. The van der Waals surface area contributed by atoms with Crippen molar-refractivity contribution in [2.24, 2.45) is 0 Å². The third kappa shape index (κ3) is 8.47. The molecular weight excluding hydrogens is 647 g/mol. The van der Waals surface area contributed by atoms with E-state index in [-0.39, 0.29) is 43.2 Å². The number of ether oxygens (including phenoxy) is 2. The molecule has 1 amide bonds. The second-order valence-corrected chi connectivity index (χ2v) is 18.5. The van der Waals surface area contributed by atoms with Crippen LogP contribution in [-0.2, 0) is 17.6 Å². The first-order chi connectivity index (χ1) is 22.8. The van der Waals surface area contributed by atoms with Crippen LogP contribution in [0.3, 0.4) is 0 Å². The van der Waals surface area contributed by atoms with E-state index < -0.39 is 31.4 Å². The minimum absolute atomic E-state index is 0.0267. The lowest BCUT2D eigenvalue weighted by molar-refractivity contribution is -0.138. The number of nitrogens with zero attached hydrogens (tertiary/aromatic N) is 9. The van der Waals surface area contributed by atoms with Gasteiger partial charge in [-0.05, 0) is 31.0 Å². The van der Waals surface area contributed by atoms with Crippen LogP contribution in [0.15, 0.2) is 41.6 Å². The van der Waals surface area contributed by atoms with Gasteiger partial charge in [0.25, 0.3) is 11.5 Å². The SMILES string of the molecule is C[Si](C)(C)CCOCn1ncc(N2CCC[C@H]2COc2ccnc(C(=O)N3CCN(c4ccc(C#N)cn4)CC3)n2)c(C(F)(F)F)c1=O. The summed E-state index contributed by atoms with van der Waals surface area (Å²) in [6.45, 7) is 8.56. The number of amides is 1. The van der Waals surface area contributed by atoms with Gasteiger partial charge in [0.05, 0.1) is 23.5 Å². The molecular formula is C31H38F3N9O4Si. The first kappa shape index (κ1) is 34.8. The Morgan fingerprint density at radius 2 is 1.85 bits per heavy atom. The van der Waals surface area contributed by atoms with Crippen molar-refractivity contribution in [3.05, 3.63) is 64.1 Å². The number of aromatic nitrogens is 5. The second kappa shape index (κ2) is 14.7. The van der Waals surface area contributed by atoms with Crippen LogP contribution in [0.2, 0.25) is 25.7 Å². The summed E-state index contributed by atoms with van der Waals surface area (Å²) in [5.41, 5.74) is -2.38. The summed E-state index contributed by atoms with van der Waals surface area (Å²) in [5, 5.41) is 13.0. The number of carbonyl (C=O) groups excluding carboxylic acids is 1. The van der Waals surface area contributed by atoms with Crippen LogP contribution >= 0.6 is 0 Å². The maximum absolute atomic E-state index is 14.3. The number of rotatable bonds is 11. The maximum Gasteiger partial charge on any atom is 0.423 e. The lowest BCUT2D eigenvalue weighted by Gasteiger charge is -2.35. The third-order valence-corrected chi connectivity index (χ3v) is 9.92. The van der Waals surface area contributed by atoms with Gasteiger partial charge >= 0.3 is 6.18 Å². The molecule has 5 heterocycles. The number of anilines is 2. The molecule has 0 spiro atoms. The molecule has 3 aromatic rings. The average molecular weight is 686 g/mol. The molecule has 2 fully saturated rings.